The summed E-state index contributed by atoms with van der Waals surface area (Å²) in [5.74, 6) is 0. The number of hydrogen-bond donors (Lipinski definition) is 0. The van der Waals surface area contributed by atoms with Crippen molar-refractivity contribution in [2.45, 2.75) is 13.0 Å². The number of benzene rings is 2. The van der Waals surface area contributed by atoms with Crippen molar-refractivity contribution in [3.05, 3.63) is 59.5 Å². The lowest BCUT2D eigenvalue weighted by atomic mass is 10.1. The van der Waals surface area contributed by atoms with Gasteiger partial charge >= 0.3 is 0 Å². The van der Waals surface area contributed by atoms with Crippen LogP contribution in [0.15, 0.2) is 53.9 Å². The first kappa shape index (κ1) is 19.8. The van der Waals surface area contributed by atoms with E-state index in [1.54, 1.807) is 0 Å². The Morgan fingerprint density at radius 3 is 2.67 bits per heavy atom. The average Bonchev–Trinajstić information content (AvgIpc) is 3.26. The summed E-state index contributed by atoms with van der Waals surface area (Å²) in [6.45, 7) is 8.10. The third kappa shape index (κ3) is 4.18. The molecule has 30 heavy (non-hydrogen) atoms. The van der Waals surface area contributed by atoms with Crippen molar-refractivity contribution in [3.63, 3.8) is 0 Å². The fraction of sp³-hybridized carbons (Fsp3) is 0.417. The van der Waals surface area contributed by atoms with Crippen LogP contribution in [0.25, 0.3) is 10.1 Å². The summed E-state index contributed by atoms with van der Waals surface area (Å²) in [6.07, 6.45) is 1.06. The molecule has 0 spiro atoms. The summed E-state index contributed by atoms with van der Waals surface area (Å²) in [4.78, 5) is 13.6. The molecule has 2 aliphatic heterocycles. The van der Waals surface area contributed by atoms with E-state index in [0.717, 1.165) is 59.0 Å². The molecule has 158 valence electrons. The van der Waals surface area contributed by atoms with Gasteiger partial charge in [-0.05, 0) is 48.7 Å². The van der Waals surface area contributed by atoms with Gasteiger partial charge in [0.1, 0.15) is 0 Å². The number of para-hydroxylation sites is 1. The van der Waals surface area contributed by atoms with E-state index < -0.39 is 0 Å². The van der Waals surface area contributed by atoms with Gasteiger partial charge in [-0.15, -0.1) is 11.3 Å². The Hall–Kier alpha value is -2.12. The van der Waals surface area contributed by atoms with Gasteiger partial charge in [0.25, 0.3) is 0 Å². The second-order valence-corrected chi connectivity index (χ2v) is 9.24. The summed E-state index contributed by atoms with van der Waals surface area (Å²) in [5, 5.41) is 5.65. The van der Waals surface area contributed by atoms with Crippen LogP contribution in [0.3, 0.4) is 0 Å². The minimum atomic E-state index is 0.761. The van der Waals surface area contributed by atoms with Crippen LogP contribution in [-0.4, -0.2) is 62.8 Å². The quantitative estimate of drug-likeness (QED) is 0.552. The molecule has 1 aromatic heterocycles. The summed E-state index contributed by atoms with van der Waals surface area (Å²) in [5.41, 5.74) is 3.94. The summed E-state index contributed by atoms with van der Waals surface area (Å²) < 4.78 is 1.39. The lowest BCUT2D eigenvalue weighted by Crippen LogP contribution is -2.47. The van der Waals surface area contributed by atoms with Crippen molar-refractivity contribution in [3.8, 4) is 0 Å². The molecule has 0 bridgehead atoms. The molecule has 0 aliphatic carbocycles. The van der Waals surface area contributed by atoms with Gasteiger partial charge < -0.3 is 4.90 Å². The van der Waals surface area contributed by atoms with Crippen LogP contribution >= 0.6 is 11.3 Å². The molecule has 0 amide bonds. The Morgan fingerprint density at radius 1 is 0.933 bits per heavy atom. The van der Waals surface area contributed by atoms with Gasteiger partial charge in [0.15, 0.2) is 0 Å². The minimum absolute atomic E-state index is 0.761. The van der Waals surface area contributed by atoms with Gasteiger partial charge in [-0.2, -0.15) is 0 Å². The fourth-order valence-electron chi connectivity index (χ4n) is 4.56. The molecule has 5 nitrogen and oxygen atoms in total. The SMILES string of the molecule is CN1Cc2ccccc2N(OCCCN2CCN(c3cccc4sccc34)CC2)C1. The molecule has 2 aromatic carbocycles. The molecule has 1 fully saturated rings. The summed E-state index contributed by atoms with van der Waals surface area (Å²) >= 11 is 1.83. The predicted octanol–water partition coefficient (Wildman–Crippen LogP) is 4.25. The van der Waals surface area contributed by atoms with E-state index in [4.69, 9.17) is 4.84 Å². The molecule has 5 rings (SSSR count). The smallest absolute Gasteiger partial charge is 0.0976 e. The van der Waals surface area contributed by atoms with Crippen molar-refractivity contribution in [2.75, 3.05) is 63.0 Å². The Balaban J connectivity index is 1.09. The van der Waals surface area contributed by atoms with Gasteiger partial charge in [-0.3, -0.25) is 14.6 Å². The summed E-state index contributed by atoms with van der Waals surface area (Å²) in [7, 11) is 2.14. The molecule has 1 saturated heterocycles. The number of anilines is 2. The lowest BCUT2D eigenvalue weighted by Gasteiger charge is -2.37. The van der Waals surface area contributed by atoms with Crippen LogP contribution in [-0.2, 0) is 11.4 Å². The van der Waals surface area contributed by atoms with Gasteiger partial charge in [0.2, 0.25) is 0 Å². The van der Waals surface area contributed by atoms with Crippen molar-refractivity contribution in [2.24, 2.45) is 0 Å². The molecule has 2 aliphatic rings. The molecule has 0 unspecified atom stereocenters. The Bertz CT molecular complexity index is 982. The predicted molar refractivity (Wildman–Crippen MR) is 126 cm³/mol. The van der Waals surface area contributed by atoms with Crippen LogP contribution in [0.1, 0.15) is 12.0 Å². The molecule has 3 aromatic rings. The third-order valence-corrected chi connectivity index (χ3v) is 7.00. The minimum Gasteiger partial charge on any atom is -0.368 e. The molecule has 0 atom stereocenters. The number of hydrogen-bond acceptors (Lipinski definition) is 6. The number of fused-ring (bicyclic) bond motifs is 2. The van der Waals surface area contributed by atoms with Crippen molar-refractivity contribution in [1.82, 2.24) is 9.80 Å². The standard InChI is InChI=1S/C24H30N4OS/c1-25-18-20-6-2-3-7-22(20)28(19-25)29-16-5-11-26-12-14-27(15-13-26)23-8-4-9-24-21(23)10-17-30-24/h2-4,6-10,17H,5,11-16,18-19H2,1H3. The average molecular weight is 423 g/mol. The molecule has 6 heteroatoms. The van der Waals surface area contributed by atoms with E-state index in [0.29, 0.717) is 0 Å². The summed E-state index contributed by atoms with van der Waals surface area (Å²) in [6, 6.07) is 17.5. The number of hydroxylamine groups is 1. The molecular weight excluding hydrogens is 392 g/mol. The zero-order chi connectivity index (χ0) is 20.3. The van der Waals surface area contributed by atoms with Gasteiger partial charge in [-0.25, -0.2) is 5.06 Å². The van der Waals surface area contributed by atoms with Gasteiger partial charge in [0, 0.05) is 55.0 Å². The maximum atomic E-state index is 6.16. The zero-order valence-corrected chi connectivity index (χ0v) is 18.5. The van der Waals surface area contributed by atoms with Gasteiger partial charge in [-0.1, -0.05) is 24.3 Å². The van der Waals surface area contributed by atoms with E-state index in [2.05, 4.69) is 80.7 Å². The van der Waals surface area contributed by atoms with E-state index in [9.17, 15) is 0 Å². The molecule has 0 radical (unpaired) electrons. The molecule has 0 N–H and O–H groups in total. The third-order valence-electron chi connectivity index (χ3n) is 6.12. The van der Waals surface area contributed by atoms with Crippen LogP contribution in [0, 0.1) is 0 Å². The topological polar surface area (TPSA) is 22.2 Å². The van der Waals surface area contributed by atoms with Gasteiger partial charge in [0.05, 0.1) is 19.0 Å². The van der Waals surface area contributed by atoms with Crippen molar-refractivity contribution < 1.29 is 4.84 Å². The highest BCUT2D eigenvalue weighted by Gasteiger charge is 2.21. The first-order valence-electron chi connectivity index (χ1n) is 10.9. The molecule has 0 saturated carbocycles. The van der Waals surface area contributed by atoms with Crippen LogP contribution in [0.5, 0.6) is 0 Å². The Labute approximate surface area is 183 Å². The highest BCUT2D eigenvalue weighted by Crippen LogP contribution is 2.31. The lowest BCUT2D eigenvalue weighted by molar-refractivity contribution is 0.0632. The normalized spacial score (nSPS) is 18.2. The highest BCUT2D eigenvalue weighted by atomic mass is 32.1. The second kappa shape index (κ2) is 8.94. The Morgan fingerprint density at radius 2 is 1.77 bits per heavy atom. The van der Waals surface area contributed by atoms with Crippen LogP contribution in [0.2, 0.25) is 0 Å². The highest BCUT2D eigenvalue weighted by molar-refractivity contribution is 7.17. The van der Waals surface area contributed by atoms with E-state index >= 15 is 0 Å². The van der Waals surface area contributed by atoms with Crippen molar-refractivity contribution in [1.29, 1.82) is 0 Å². The first-order valence-corrected chi connectivity index (χ1v) is 11.8. The molecule has 3 heterocycles. The Kier molecular flexibility index (Phi) is 5.91. The van der Waals surface area contributed by atoms with Crippen molar-refractivity contribution >= 4 is 32.8 Å². The number of thiophene rings is 1. The van der Waals surface area contributed by atoms with E-state index in [-0.39, 0.29) is 0 Å². The van der Waals surface area contributed by atoms with Crippen LogP contribution in [0.4, 0.5) is 11.4 Å². The maximum Gasteiger partial charge on any atom is 0.0976 e. The fourth-order valence-corrected chi connectivity index (χ4v) is 5.37. The monoisotopic (exact) mass is 422 g/mol. The number of piperazine rings is 1. The largest absolute Gasteiger partial charge is 0.368 e. The van der Waals surface area contributed by atoms with E-state index in [1.807, 2.05) is 11.3 Å². The van der Waals surface area contributed by atoms with Crippen LogP contribution < -0.4 is 9.96 Å². The zero-order valence-electron chi connectivity index (χ0n) is 17.7. The van der Waals surface area contributed by atoms with E-state index in [1.165, 1.54) is 27.0 Å². The molecular formula is C24H30N4OS. The second-order valence-electron chi connectivity index (χ2n) is 8.29. The first-order chi connectivity index (χ1) is 14.8. The number of nitrogens with zero attached hydrogens (tertiary/aromatic N) is 4. The number of rotatable bonds is 6. The maximum absolute atomic E-state index is 6.16.